The Hall–Kier alpha value is -1.43. The molecule has 3 N–H and O–H groups in total. The van der Waals surface area contributed by atoms with Gasteiger partial charge in [0.05, 0.1) is 18.8 Å². The Bertz CT molecular complexity index is 645. The molecule has 0 spiro atoms. The first-order chi connectivity index (χ1) is 10.0. The Morgan fingerprint density at radius 3 is 2.38 bits per heavy atom. The Kier molecular flexibility index (Phi) is 4.98. The molecule has 0 saturated carbocycles. The van der Waals surface area contributed by atoms with E-state index in [-0.39, 0.29) is 19.1 Å². The first-order valence-corrected chi connectivity index (χ1v) is 7.56. The molecule has 0 aliphatic rings. The van der Waals surface area contributed by atoms with Gasteiger partial charge in [-0.15, -0.1) is 0 Å². The topological polar surface area (TPSA) is 69.6 Å². The largest absolute Gasteiger partial charge is 0.394 e. The van der Waals surface area contributed by atoms with E-state index in [0.29, 0.717) is 12.0 Å². The highest BCUT2D eigenvalue weighted by atomic mass is 79.9. The van der Waals surface area contributed by atoms with Crippen LogP contribution in [0.2, 0.25) is 0 Å². The summed E-state index contributed by atoms with van der Waals surface area (Å²) in [6.45, 7) is 1.21. The van der Waals surface area contributed by atoms with E-state index < -0.39 is 5.54 Å². The predicted octanol–water partition coefficient (Wildman–Crippen LogP) is 2.47. The lowest BCUT2D eigenvalue weighted by Gasteiger charge is -2.29. The van der Waals surface area contributed by atoms with E-state index in [2.05, 4.69) is 21.2 Å². The van der Waals surface area contributed by atoms with Gasteiger partial charge in [0.25, 0.3) is 5.91 Å². The average Bonchev–Trinajstić information content (AvgIpc) is 2.52. The summed E-state index contributed by atoms with van der Waals surface area (Å²) in [6.07, 6.45) is 0.451. The normalized spacial score (nSPS) is 11.6. The quantitative estimate of drug-likeness (QED) is 0.774. The highest BCUT2D eigenvalue weighted by Gasteiger charge is 2.28. The standard InChI is InChI=1S/C16H18BrNO3/c1-2-16(9-19,10-20)18-15(21)13-4-3-12-8-14(17)6-5-11(12)7-13/h3-8,19-20H,2,9-10H2,1H3,(H,18,21). The summed E-state index contributed by atoms with van der Waals surface area (Å²) in [5.41, 5.74) is -0.476. The van der Waals surface area contributed by atoms with Crippen molar-refractivity contribution in [3.63, 3.8) is 0 Å². The van der Waals surface area contributed by atoms with Gasteiger partial charge in [0.1, 0.15) is 0 Å². The Morgan fingerprint density at radius 1 is 1.14 bits per heavy atom. The second-order valence-corrected chi connectivity index (χ2v) is 6.03. The SMILES string of the molecule is CCC(CO)(CO)NC(=O)c1ccc2cc(Br)ccc2c1. The maximum absolute atomic E-state index is 12.3. The van der Waals surface area contributed by atoms with Crippen molar-refractivity contribution in [3.8, 4) is 0 Å². The molecule has 0 aliphatic heterocycles. The lowest BCUT2D eigenvalue weighted by molar-refractivity contribution is 0.0653. The van der Waals surface area contributed by atoms with Crippen molar-refractivity contribution in [3.05, 3.63) is 46.4 Å². The number of hydrogen-bond donors (Lipinski definition) is 3. The molecular weight excluding hydrogens is 334 g/mol. The molecule has 0 unspecified atom stereocenters. The van der Waals surface area contributed by atoms with E-state index in [0.717, 1.165) is 15.2 Å². The van der Waals surface area contributed by atoms with Crippen molar-refractivity contribution in [1.82, 2.24) is 5.32 Å². The fourth-order valence-electron chi connectivity index (χ4n) is 2.11. The van der Waals surface area contributed by atoms with Crippen molar-refractivity contribution >= 4 is 32.6 Å². The summed E-state index contributed by atoms with van der Waals surface area (Å²) < 4.78 is 0.984. The summed E-state index contributed by atoms with van der Waals surface area (Å²) in [7, 11) is 0. The first-order valence-electron chi connectivity index (χ1n) is 6.77. The molecule has 2 aromatic carbocycles. The van der Waals surface area contributed by atoms with Gasteiger partial charge in [0, 0.05) is 10.0 Å². The number of halogens is 1. The maximum Gasteiger partial charge on any atom is 0.251 e. The zero-order chi connectivity index (χ0) is 15.5. The molecule has 0 saturated heterocycles. The van der Waals surface area contributed by atoms with Crippen LogP contribution in [-0.2, 0) is 0 Å². The summed E-state index contributed by atoms with van der Waals surface area (Å²) >= 11 is 3.41. The number of hydrogen-bond acceptors (Lipinski definition) is 3. The molecule has 2 rings (SSSR count). The molecule has 0 radical (unpaired) electrons. The van der Waals surface area contributed by atoms with Crippen LogP contribution in [0, 0.1) is 0 Å². The minimum absolute atomic E-state index is 0.299. The van der Waals surface area contributed by atoms with Gasteiger partial charge < -0.3 is 15.5 Å². The third-order valence-corrected chi connectivity index (χ3v) is 4.22. The van der Waals surface area contributed by atoms with Crippen molar-refractivity contribution in [2.75, 3.05) is 13.2 Å². The molecule has 2 aromatic rings. The Labute approximate surface area is 131 Å². The fourth-order valence-corrected chi connectivity index (χ4v) is 2.49. The second kappa shape index (κ2) is 6.56. The molecule has 1 amide bonds. The van der Waals surface area contributed by atoms with Gasteiger partial charge in [0.2, 0.25) is 0 Å². The molecule has 0 aliphatic carbocycles. The lowest BCUT2D eigenvalue weighted by atomic mass is 9.97. The van der Waals surface area contributed by atoms with Crippen LogP contribution in [0.3, 0.4) is 0 Å². The van der Waals surface area contributed by atoms with Crippen molar-refractivity contribution < 1.29 is 15.0 Å². The molecule has 4 nitrogen and oxygen atoms in total. The van der Waals surface area contributed by atoms with E-state index in [9.17, 15) is 15.0 Å². The highest BCUT2D eigenvalue weighted by molar-refractivity contribution is 9.10. The number of fused-ring (bicyclic) bond motifs is 1. The summed E-state index contributed by atoms with van der Waals surface area (Å²) in [5.74, 6) is -0.301. The number of amides is 1. The number of aliphatic hydroxyl groups is 2. The molecule has 0 atom stereocenters. The molecule has 0 aromatic heterocycles. The number of nitrogens with one attached hydrogen (secondary N) is 1. The smallest absolute Gasteiger partial charge is 0.251 e. The monoisotopic (exact) mass is 351 g/mol. The molecule has 0 fully saturated rings. The van der Waals surface area contributed by atoms with E-state index in [1.54, 1.807) is 12.1 Å². The van der Waals surface area contributed by atoms with Crippen LogP contribution in [0.25, 0.3) is 10.8 Å². The van der Waals surface area contributed by atoms with Gasteiger partial charge in [-0.2, -0.15) is 0 Å². The van der Waals surface area contributed by atoms with Gasteiger partial charge in [-0.25, -0.2) is 0 Å². The number of carbonyl (C=O) groups excluding carboxylic acids is 1. The maximum atomic E-state index is 12.3. The number of carbonyl (C=O) groups is 1. The van der Waals surface area contributed by atoms with Crippen LogP contribution in [0.4, 0.5) is 0 Å². The summed E-state index contributed by atoms with van der Waals surface area (Å²) in [4.78, 5) is 12.3. The van der Waals surface area contributed by atoms with Crippen LogP contribution in [0.1, 0.15) is 23.7 Å². The summed E-state index contributed by atoms with van der Waals surface area (Å²) in [5, 5.41) is 23.5. The zero-order valence-corrected chi connectivity index (χ0v) is 13.4. The van der Waals surface area contributed by atoms with Crippen molar-refractivity contribution in [2.24, 2.45) is 0 Å². The number of benzene rings is 2. The second-order valence-electron chi connectivity index (χ2n) is 5.11. The zero-order valence-electron chi connectivity index (χ0n) is 11.8. The van der Waals surface area contributed by atoms with Crippen LogP contribution >= 0.6 is 15.9 Å². The minimum Gasteiger partial charge on any atom is -0.394 e. The van der Waals surface area contributed by atoms with Gasteiger partial charge in [-0.05, 0) is 41.5 Å². The van der Waals surface area contributed by atoms with Gasteiger partial charge in [0.15, 0.2) is 0 Å². The number of rotatable bonds is 5. The van der Waals surface area contributed by atoms with Gasteiger partial charge in [-0.1, -0.05) is 35.0 Å². The van der Waals surface area contributed by atoms with E-state index in [4.69, 9.17) is 0 Å². The van der Waals surface area contributed by atoms with Gasteiger partial charge >= 0.3 is 0 Å². The molecule has 21 heavy (non-hydrogen) atoms. The first kappa shape index (κ1) is 15.9. The number of aliphatic hydroxyl groups excluding tert-OH is 2. The molecule has 0 heterocycles. The average molecular weight is 352 g/mol. The molecule has 5 heteroatoms. The molecule has 0 bridgehead atoms. The van der Waals surface area contributed by atoms with Crippen LogP contribution in [0.15, 0.2) is 40.9 Å². The van der Waals surface area contributed by atoms with Gasteiger partial charge in [-0.3, -0.25) is 4.79 Å². The van der Waals surface area contributed by atoms with E-state index >= 15 is 0 Å². The summed E-state index contributed by atoms with van der Waals surface area (Å²) in [6, 6.07) is 11.2. The third-order valence-electron chi connectivity index (χ3n) is 3.73. The van der Waals surface area contributed by atoms with Crippen LogP contribution in [0.5, 0.6) is 0 Å². The predicted molar refractivity (Wildman–Crippen MR) is 86.3 cm³/mol. The van der Waals surface area contributed by atoms with Crippen molar-refractivity contribution in [2.45, 2.75) is 18.9 Å². The lowest BCUT2D eigenvalue weighted by Crippen LogP contribution is -2.53. The highest BCUT2D eigenvalue weighted by Crippen LogP contribution is 2.21. The Morgan fingerprint density at radius 2 is 1.76 bits per heavy atom. The Balaban J connectivity index is 2.29. The van der Waals surface area contributed by atoms with Crippen LogP contribution < -0.4 is 5.32 Å². The van der Waals surface area contributed by atoms with Crippen LogP contribution in [-0.4, -0.2) is 34.9 Å². The molecule has 112 valence electrons. The molecular formula is C16H18BrNO3. The van der Waals surface area contributed by atoms with E-state index in [1.807, 2.05) is 31.2 Å². The third kappa shape index (κ3) is 3.43. The van der Waals surface area contributed by atoms with E-state index in [1.165, 1.54) is 0 Å². The minimum atomic E-state index is -0.980. The van der Waals surface area contributed by atoms with Crippen molar-refractivity contribution in [1.29, 1.82) is 0 Å². The fraction of sp³-hybridized carbons (Fsp3) is 0.312.